The number of alkyl carbamates (subject to hydrolysis) is 1. The van der Waals surface area contributed by atoms with Gasteiger partial charge in [0.05, 0.1) is 0 Å². The Bertz CT molecular complexity index is 398. The number of hydrogen-bond acceptors (Lipinski definition) is 2. The lowest BCUT2D eigenvalue weighted by Crippen LogP contribution is -2.46. The smallest absolute Gasteiger partial charge is 0.407 e. The van der Waals surface area contributed by atoms with Crippen molar-refractivity contribution in [2.24, 2.45) is 11.8 Å². The quantitative estimate of drug-likeness (QED) is 0.877. The Morgan fingerprint density at radius 2 is 2.00 bits per heavy atom. The Hall–Kier alpha value is -1.51. The van der Waals surface area contributed by atoms with Crippen molar-refractivity contribution < 1.29 is 9.53 Å². The third-order valence-corrected chi connectivity index (χ3v) is 3.87. The molecule has 0 bridgehead atoms. The van der Waals surface area contributed by atoms with Gasteiger partial charge in [-0.2, -0.15) is 0 Å². The lowest BCUT2D eigenvalue weighted by molar-refractivity contribution is 0.116. The van der Waals surface area contributed by atoms with Crippen LogP contribution in [0.15, 0.2) is 30.3 Å². The number of rotatable bonds is 5. The van der Waals surface area contributed by atoms with E-state index in [1.807, 2.05) is 30.3 Å². The zero-order valence-electron chi connectivity index (χ0n) is 11.8. The van der Waals surface area contributed by atoms with E-state index in [4.69, 9.17) is 4.74 Å². The second-order valence-corrected chi connectivity index (χ2v) is 5.67. The van der Waals surface area contributed by atoms with Crippen molar-refractivity contribution in [2.45, 2.75) is 45.8 Å². The zero-order valence-corrected chi connectivity index (χ0v) is 11.8. The average Bonchev–Trinajstić information content (AvgIpc) is 2.34. The van der Waals surface area contributed by atoms with Crippen LogP contribution < -0.4 is 5.32 Å². The molecule has 0 aliphatic heterocycles. The van der Waals surface area contributed by atoms with Crippen LogP contribution in [-0.4, -0.2) is 12.1 Å². The monoisotopic (exact) mass is 261 g/mol. The topological polar surface area (TPSA) is 38.3 Å². The summed E-state index contributed by atoms with van der Waals surface area (Å²) in [5, 5.41) is 3.03. The van der Waals surface area contributed by atoms with Gasteiger partial charge >= 0.3 is 6.09 Å². The van der Waals surface area contributed by atoms with E-state index in [2.05, 4.69) is 19.2 Å². The van der Waals surface area contributed by atoms with Crippen molar-refractivity contribution in [2.75, 3.05) is 0 Å². The number of carbonyl (C=O) groups is 1. The number of benzene rings is 1. The summed E-state index contributed by atoms with van der Waals surface area (Å²) >= 11 is 0. The molecule has 104 valence electrons. The highest BCUT2D eigenvalue weighted by atomic mass is 16.5. The van der Waals surface area contributed by atoms with Crippen molar-refractivity contribution in [1.82, 2.24) is 5.32 Å². The highest BCUT2D eigenvalue weighted by Gasteiger charge is 2.30. The van der Waals surface area contributed by atoms with Gasteiger partial charge in [0.1, 0.15) is 6.61 Å². The fourth-order valence-electron chi connectivity index (χ4n) is 2.53. The van der Waals surface area contributed by atoms with E-state index in [0.29, 0.717) is 18.4 Å². The molecule has 1 saturated carbocycles. The molecule has 1 aliphatic rings. The van der Waals surface area contributed by atoms with Gasteiger partial charge in [-0.1, -0.05) is 50.6 Å². The predicted molar refractivity (Wildman–Crippen MR) is 75.7 cm³/mol. The van der Waals surface area contributed by atoms with Crippen LogP contribution in [0.2, 0.25) is 0 Å². The highest BCUT2D eigenvalue weighted by Crippen LogP contribution is 2.32. The first-order valence-electron chi connectivity index (χ1n) is 7.14. The van der Waals surface area contributed by atoms with Gasteiger partial charge in [0.2, 0.25) is 0 Å². The molecule has 0 spiro atoms. The molecule has 1 aromatic rings. The Morgan fingerprint density at radius 1 is 1.32 bits per heavy atom. The second kappa shape index (κ2) is 6.60. The summed E-state index contributed by atoms with van der Waals surface area (Å²) in [5.74, 6) is 1.08. The minimum absolute atomic E-state index is 0.247. The minimum atomic E-state index is -0.297. The Kier molecular flexibility index (Phi) is 4.83. The van der Waals surface area contributed by atoms with Gasteiger partial charge in [0.15, 0.2) is 0 Å². The van der Waals surface area contributed by atoms with Crippen LogP contribution in [0, 0.1) is 11.8 Å². The lowest BCUT2D eigenvalue weighted by atomic mass is 9.76. The van der Waals surface area contributed by atoms with Crippen LogP contribution >= 0.6 is 0 Å². The molecule has 3 nitrogen and oxygen atoms in total. The number of amides is 1. The van der Waals surface area contributed by atoms with E-state index in [0.717, 1.165) is 5.56 Å². The zero-order chi connectivity index (χ0) is 13.7. The minimum Gasteiger partial charge on any atom is -0.445 e. The molecule has 0 aromatic heterocycles. The Labute approximate surface area is 115 Å². The molecule has 3 heteroatoms. The van der Waals surface area contributed by atoms with Crippen LogP contribution in [-0.2, 0) is 11.3 Å². The number of ether oxygens (including phenoxy) is 1. The summed E-state index contributed by atoms with van der Waals surface area (Å²) in [7, 11) is 0. The van der Waals surface area contributed by atoms with E-state index in [-0.39, 0.29) is 12.1 Å². The van der Waals surface area contributed by atoms with Gasteiger partial charge in [0.25, 0.3) is 0 Å². The van der Waals surface area contributed by atoms with Gasteiger partial charge < -0.3 is 10.1 Å². The number of hydrogen-bond donors (Lipinski definition) is 1. The Balaban J connectivity index is 1.79. The molecule has 1 aliphatic carbocycles. The molecule has 19 heavy (non-hydrogen) atoms. The first-order valence-corrected chi connectivity index (χ1v) is 7.14. The van der Waals surface area contributed by atoms with E-state index < -0.39 is 0 Å². The van der Waals surface area contributed by atoms with E-state index in [9.17, 15) is 4.79 Å². The molecule has 1 atom stereocenters. The van der Waals surface area contributed by atoms with Crippen LogP contribution in [0.5, 0.6) is 0 Å². The van der Waals surface area contributed by atoms with Crippen molar-refractivity contribution in [3.05, 3.63) is 35.9 Å². The third-order valence-electron chi connectivity index (χ3n) is 3.87. The predicted octanol–water partition coefficient (Wildman–Crippen LogP) is 3.74. The summed E-state index contributed by atoms with van der Waals surface area (Å²) in [4.78, 5) is 11.8. The summed E-state index contributed by atoms with van der Waals surface area (Å²) in [5.41, 5.74) is 1.02. The molecule has 0 saturated heterocycles. The van der Waals surface area contributed by atoms with Crippen LogP contribution in [0.3, 0.4) is 0 Å². The van der Waals surface area contributed by atoms with Gasteiger partial charge in [-0.15, -0.1) is 0 Å². The van der Waals surface area contributed by atoms with Crippen molar-refractivity contribution >= 4 is 6.09 Å². The van der Waals surface area contributed by atoms with E-state index in [1.165, 1.54) is 19.3 Å². The van der Waals surface area contributed by atoms with Crippen LogP contribution in [0.25, 0.3) is 0 Å². The van der Waals surface area contributed by atoms with Crippen molar-refractivity contribution in [3.63, 3.8) is 0 Å². The number of nitrogens with one attached hydrogen (secondary N) is 1. The molecule has 1 unspecified atom stereocenters. The summed E-state index contributed by atoms with van der Waals surface area (Å²) < 4.78 is 5.28. The molecule has 1 aromatic carbocycles. The molecule has 0 heterocycles. The lowest BCUT2D eigenvalue weighted by Gasteiger charge is -2.36. The van der Waals surface area contributed by atoms with Gasteiger partial charge in [-0.3, -0.25) is 0 Å². The third kappa shape index (κ3) is 3.98. The fraction of sp³-hybridized carbons (Fsp3) is 0.562. The number of carbonyl (C=O) groups excluding carboxylic acids is 1. The molecular formula is C16H23NO2. The van der Waals surface area contributed by atoms with Crippen LogP contribution in [0.4, 0.5) is 4.79 Å². The molecule has 0 radical (unpaired) electrons. The second-order valence-electron chi connectivity index (χ2n) is 5.67. The molecule has 1 N–H and O–H groups in total. The van der Waals surface area contributed by atoms with Crippen LogP contribution in [0.1, 0.15) is 38.7 Å². The fourth-order valence-corrected chi connectivity index (χ4v) is 2.53. The molecule has 2 rings (SSSR count). The summed E-state index contributed by atoms with van der Waals surface area (Å²) in [6, 6.07) is 10.0. The molecular weight excluding hydrogens is 238 g/mol. The van der Waals surface area contributed by atoms with Gasteiger partial charge in [-0.25, -0.2) is 4.79 Å². The Morgan fingerprint density at radius 3 is 2.53 bits per heavy atom. The maximum Gasteiger partial charge on any atom is 0.407 e. The van der Waals surface area contributed by atoms with E-state index in [1.54, 1.807) is 0 Å². The molecule has 1 amide bonds. The van der Waals surface area contributed by atoms with Gasteiger partial charge in [-0.05, 0) is 30.2 Å². The summed E-state index contributed by atoms with van der Waals surface area (Å²) in [6.45, 7) is 4.64. The maximum absolute atomic E-state index is 11.8. The largest absolute Gasteiger partial charge is 0.445 e. The van der Waals surface area contributed by atoms with E-state index >= 15 is 0 Å². The normalized spacial score (nSPS) is 16.8. The summed E-state index contributed by atoms with van der Waals surface area (Å²) in [6.07, 6.45) is 3.44. The highest BCUT2D eigenvalue weighted by molar-refractivity contribution is 5.67. The standard InChI is InChI=1S/C16H23NO2/c1-12(2)15(14-9-6-10-14)17-16(18)19-11-13-7-4-3-5-8-13/h3-5,7-8,12,14-15H,6,9-11H2,1-2H3,(H,17,18). The SMILES string of the molecule is CC(C)C(NC(=O)OCc1ccccc1)C1CCC1. The molecule has 1 fully saturated rings. The van der Waals surface area contributed by atoms with Crippen molar-refractivity contribution in [1.29, 1.82) is 0 Å². The van der Waals surface area contributed by atoms with Gasteiger partial charge in [0, 0.05) is 6.04 Å². The maximum atomic E-state index is 11.8. The first-order chi connectivity index (χ1) is 9.16. The average molecular weight is 261 g/mol. The first kappa shape index (κ1) is 13.9. The van der Waals surface area contributed by atoms with Crippen molar-refractivity contribution in [3.8, 4) is 0 Å².